The van der Waals surface area contributed by atoms with Crippen LogP contribution < -0.4 is 10.1 Å². The molecule has 0 bridgehead atoms. The smallest absolute Gasteiger partial charge is 0.246 e. The molecule has 0 spiro atoms. The van der Waals surface area contributed by atoms with Crippen molar-refractivity contribution < 1.29 is 17.9 Å². The molecular weight excluding hydrogens is 500 g/mol. The highest BCUT2D eigenvalue weighted by atomic mass is 32.2. The third-order valence-electron chi connectivity index (χ3n) is 6.91. The summed E-state index contributed by atoms with van der Waals surface area (Å²) < 4.78 is 35.7. The van der Waals surface area contributed by atoms with E-state index in [4.69, 9.17) is 14.5 Å². The summed E-state index contributed by atoms with van der Waals surface area (Å²) in [5, 5.41) is 3.32. The molecule has 2 aliphatic rings. The van der Waals surface area contributed by atoms with Crippen LogP contribution in [0.5, 0.6) is 5.88 Å². The Kier molecular flexibility index (Phi) is 6.03. The molecule has 0 amide bonds. The van der Waals surface area contributed by atoms with E-state index in [-0.39, 0.29) is 10.5 Å². The van der Waals surface area contributed by atoms with Crippen molar-refractivity contribution in [2.75, 3.05) is 18.2 Å². The summed E-state index contributed by atoms with van der Waals surface area (Å²) in [6, 6.07) is 18.9. The zero-order valence-electron chi connectivity index (χ0n) is 21.2. The van der Waals surface area contributed by atoms with Gasteiger partial charge in [-0.2, -0.15) is 4.98 Å². The van der Waals surface area contributed by atoms with Crippen molar-refractivity contribution in [2.45, 2.75) is 42.7 Å². The second kappa shape index (κ2) is 9.40. The van der Waals surface area contributed by atoms with Gasteiger partial charge >= 0.3 is 0 Å². The van der Waals surface area contributed by atoms with E-state index in [9.17, 15) is 8.42 Å². The molecule has 1 atom stereocenters. The number of hydrogen-bond donors (Lipinski definition) is 1. The number of fused-ring (bicyclic) bond motifs is 1. The van der Waals surface area contributed by atoms with Gasteiger partial charge in [-0.25, -0.2) is 18.4 Å². The monoisotopic (exact) mass is 528 g/mol. The average molecular weight is 529 g/mol. The third-order valence-corrected chi connectivity index (χ3v) is 8.02. The molecule has 8 nitrogen and oxygen atoms in total. The summed E-state index contributed by atoms with van der Waals surface area (Å²) in [6.45, 7) is 3.30. The summed E-state index contributed by atoms with van der Waals surface area (Å²) in [7, 11) is -3.34. The van der Waals surface area contributed by atoms with Gasteiger partial charge < -0.3 is 14.8 Å². The maximum Gasteiger partial charge on any atom is 0.246 e. The van der Waals surface area contributed by atoms with E-state index in [1.165, 1.54) is 11.8 Å². The summed E-state index contributed by atoms with van der Waals surface area (Å²) in [4.78, 5) is 14.4. The van der Waals surface area contributed by atoms with E-state index in [1.54, 1.807) is 24.5 Å². The summed E-state index contributed by atoms with van der Waals surface area (Å²) in [5.74, 6) is 1.18. The number of pyridine rings is 1. The number of rotatable bonds is 8. The van der Waals surface area contributed by atoms with Gasteiger partial charge in [0, 0.05) is 24.3 Å². The van der Waals surface area contributed by atoms with Crippen molar-refractivity contribution in [1.82, 2.24) is 15.0 Å². The van der Waals surface area contributed by atoms with Crippen LogP contribution in [0.1, 0.15) is 36.8 Å². The molecule has 1 fully saturated rings. The number of sulfone groups is 1. The Morgan fingerprint density at radius 1 is 1.05 bits per heavy atom. The Bertz CT molecular complexity index is 1650. The molecule has 0 radical (unpaired) electrons. The average Bonchev–Trinajstić information content (AvgIpc) is 3.39. The standard InChI is InChI=1S/C29H28N4O4S/c1-29(13-14-29)37-27-26-25(11-10-24(31-26)21-4-3-5-23(16-21)38(2,34)35)32-28(33-27)30-17-19-6-8-20(9-7-19)22-12-15-36-18-22/h3-12,15-16,22H,13-14,17-18H2,1-2H3,(H,30,32,33). The Hall–Kier alpha value is -3.98. The number of nitrogens with one attached hydrogen (secondary N) is 1. The van der Waals surface area contributed by atoms with Crippen LogP contribution in [0.3, 0.4) is 0 Å². The van der Waals surface area contributed by atoms with Gasteiger partial charge in [-0.3, -0.25) is 0 Å². The molecule has 1 aliphatic heterocycles. The predicted molar refractivity (Wildman–Crippen MR) is 146 cm³/mol. The molecule has 4 aromatic rings. The van der Waals surface area contributed by atoms with E-state index < -0.39 is 9.84 Å². The van der Waals surface area contributed by atoms with Crippen molar-refractivity contribution in [3.63, 3.8) is 0 Å². The first kappa shape index (κ1) is 24.4. The number of nitrogens with zero attached hydrogens (tertiary/aromatic N) is 3. The highest BCUT2D eigenvalue weighted by Crippen LogP contribution is 2.41. The Labute approximate surface area is 221 Å². The highest BCUT2D eigenvalue weighted by molar-refractivity contribution is 7.90. The van der Waals surface area contributed by atoms with Crippen molar-refractivity contribution in [3.05, 3.63) is 84.1 Å². The second-order valence-corrected chi connectivity index (χ2v) is 12.1. The van der Waals surface area contributed by atoms with Gasteiger partial charge in [0.25, 0.3) is 0 Å². The third kappa shape index (κ3) is 5.19. The van der Waals surface area contributed by atoms with Crippen LogP contribution in [0.15, 0.2) is 77.9 Å². The zero-order valence-corrected chi connectivity index (χ0v) is 22.0. The zero-order chi connectivity index (χ0) is 26.3. The molecule has 0 saturated heterocycles. The topological polar surface area (TPSA) is 103 Å². The SMILES string of the molecule is CC1(Oc2nc(NCc3ccc(C4C=COC4)cc3)nc3ccc(-c4cccc(S(C)(=O)=O)c4)nc23)CC1. The van der Waals surface area contributed by atoms with Gasteiger partial charge in [0.15, 0.2) is 15.4 Å². The number of benzene rings is 2. The van der Waals surface area contributed by atoms with Gasteiger partial charge in [0.1, 0.15) is 5.60 Å². The Morgan fingerprint density at radius 2 is 1.87 bits per heavy atom. The van der Waals surface area contributed by atoms with E-state index in [1.807, 2.05) is 18.2 Å². The lowest BCUT2D eigenvalue weighted by atomic mass is 10.00. The fourth-order valence-corrected chi connectivity index (χ4v) is 5.00. The van der Waals surface area contributed by atoms with Crippen LogP contribution in [-0.4, -0.2) is 41.8 Å². The van der Waals surface area contributed by atoms with Crippen molar-refractivity contribution in [1.29, 1.82) is 0 Å². The second-order valence-electron chi connectivity index (χ2n) is 10.1. The molecule has 1 aliphatic carbocycles. The quantitative estimate of drug-likeness (QED) is 0.330. The van der Waals surface area contributed by atoms with Crippen molar-refractivity contribution in [3.8, 4) is 17.1 Å². The maximum absolute atomic E-state index is 12.0. The number of hydrogen-bond acceptors (Lipinski definition) is 8. The molecule has 194 valence electrons. The van der Waals surface area contributed by atoms with E-state index in [0.29, 0.717) is 53.2 Å². The lowest BCUT2D eigenvalue weighted by Gasteiger charge is -2.15. The minimum Gasteiger partial charge on any atom is -0.501 e. The predicted octanol–water partition coefficient (Wildman–Crippen LogP) is 5.27. The summed E-state index contributed by atoms with van der Waals surface area (Å²) in [6.07, 6.45) is 6.92. The minimum absolute atomic E-state index is 0.246. The molecule has 6 rings (SSSR count). The van der Waals surface area contributed by atoms with E-state index in [2.05, 4.69) is 52.5 Å². The maximum atomic E-state index is 12.0. The summed E-state index contributed by atoms with van der Waals surface area (Å²) >= 11 is 0. The normalized spacial score (nSPS) is 17.8. The van der Waals surface area contributed by atoms with Crippen LogP contribution in [0, 0.1) is 0 Å². The molecule has 38 heavy (non-hydrogen) atoms. The fraction of sp³-hybridized carbons (Fsp3) is 0.276. The first-order chi connectivity index (χ1) is 18.3. The van der Waals surface area contributed by atoms with E-state index in [0.717, 1.165) is 18.4 Å². The lowest BCUT2D eigenvalue weighted by Crippen LogP contribution is -2.15. The Morgan fingerprint density at radius 3 is 2.58 bits per heavy atom. The first-order valence-corrected chi connectivity index (χ1v) is 14.4. The van der Waals surface area contributed by atoms with Gasteiger partial charge in [0.2, 0.25) is 11.8 Å². The van der Waals surface area contributed by atoms with Crippen LogP contribution in [0.2, 0.25) is 0 Å². The summed E-state index contributed by atoms with van der Waals surface area (Å²) in [5.41, 5.74) is 4.58. The fourth-order valence-electron chi connectivity index (χ4n) is 4.33. The number of anilines is 1. The van der Waals surface area contributed by atoms with Crippen LogP contribution in [0.4, 0.5) is 5.95 Å². The molecule has 1 unspecified atom stereocenters. The molecule has 3 heterocycles. The molecule has 1 saturated carbocycles. The van der Waals surface area contributed by atoms with Gasteiger partial charge in [-0.1, -0.05) is 36.4 Å². The lowest BCUT2D eigenvalue weighted by molar-refractivity contribution is 0.194. The van der Waals surface area contributed by atoms with Gasteiger partial charge in [0.05, 0.1) is 29.0 Å². The van der Waals surface area contributed by atoms with Crippen LogP contribution in [0.25, 0.3) is 22.3 Å². The van der Waals surface area contributed by atoms with Gasteiger partial charge in [-0.15, -0.1) is 0 Å². The number of aromatic nitrogens is 3. The molecule has 2 aromatic carbocycles. The Balaban J connectivity index is 1.29. The molecule has 2 aromatic heterocycles. The van der Waals surface area contributed by atoms with Crippen molar-refractivity contribution >= 4 is 26.8 Å². The minimum atomic E-state index is -3.34. The number of ether oxygens (including phenoxy) is 2. The highest BCUT2D eigenvalue weighted by Gasteiger charge is 2.41. The first-order valence-electron chi connectivity index (χ1n) is 12.6. The van der Waals surface area contributed by atoms with Crippen molar-refractivity contribution in [2.24, 2.45) is 0 Å². The molecule has 1 N–H and O–H groups in total. The largest absolute Gasteiger partial charge is 0.501 e. The van der Waals surface area contributed by atoms with E-state index >= 15 is 0 Å². The molecular formula is C29H28N4O4S. The van der Waals surface area contributed by atoms with Crippen LogP contribution in [-0.2, 0) is 21.1 Å². The van der Waals surface area contributed by atoms with Gasteiger partial charge in [-0.05, 0) is 61.2 Å². The van der Waals surface area contributed by atoms with Crippen LogP contribution >= 0.6 is 0 Å². The molecule has 9 heteroatoms.